The van der Waals surface area contributed by atoms with Crippen molar-refractivity contribution < 1.29 is 23.9 Å². The molecule has 0 fully saturated rings. The SMILES string of the molecule is CC(=O)c1cc2c(cc1-n1c(N)c3c(cc1=O)C(=O)NC3=O)OCCO2. The first-order chi connectivity index (χ1) is 12.4. The van der Waals surface area contributed by atoms with Crippen molar-refractivity contribution in [2.75, 3.05) is 18.9 Å². The second-order valence-corrected chi connectivity index (χ2v) is 5.84. The number of carbonyl (C=O) groups is 3. The fraction of sp³-hybridized carbons (Fsp3) is 0.176. The van der Waals surface area contributed by atoms with E-state index in [1.54, 1.807) is 0 Å². The summed E-state index contributed by atoms with van der Waals surface area (Å²) in [5.74, 6) is -1.21. The average molecular weight is 355 g/mol. The summed E-state index contributed by atoms with van der Waals surface area (Å²) in [5, 5.41) is 2.09. The van der Waals surface area contributed by atoms with Crippen LogP contribution in [0.3, 0.4) is 0 Å². The quantitative estimate of drug-likeness (QED) is 0.584. The van der Waals surface area contributed by atoms with E-state index in [2.05, 4.69) is 5.32 Å². The standard InChI is InChI=1S/C17H13N3O6/c1-7(21)8-4-11-12(26-3-2-25-11)6-10(8)20-13(22)5-9-14(15(20)18)17(24)19-16(9)23/h4-6H,2-3,18H2,1H3,(H,19,23,24). The van der Waals surface area contributed by atoms with Crippen LogP contribution < -0.4 is 26.1 Å². The van der Waals surface area contributed by atoms with Gasteiger partial charge in [0.1, 0.15) is 19.0 Å². The van der Waals surface area contributed by atoms with Crippen molar-refractivity contribution in [3.8, 4) is 17.2 Å². The Bertz CT molecular complexity index is 1070. The highest BCUT2D eigenvalue weighted by molar-refractivity contribution is 6.23. The predicted molar refractivity (Wildman–Crippen MR) is 89.2 cm³/mol. The molecular weight excluding hydrogens is 342 g/mol. The minimum Gasteiger partial charge on any atom is -0.486 e. The Morgan fingerprint density at radius 1 is 1.08 bits per heavy atom. The number of nitrogens with one attached hydrogen (secondary N) is 1. The average Bonchev–Trinajstić information content (AvgIpc) is 2.88. The van der Waals surface area contributed by atoms with E-state index < -0.39 is 17.4 Å². The van der Waals surface area contributed by atoms with Crippen molar-refractivity contribution in [2.24, 2.45) is 0 Å². The lowest BCUT2D eigenvalue weighted by Crippen LogP contribution is -2.26. The Balaban J connectivity index is 2.04. The smallest absolute Gasteiger partial charge is 0.262 e. The third-order valence-electron chi connectivity index (χ3n) is 4.23. The fourth-order valence-electron chi connectivity index (χ4n) is 3.07. The number of imide groups is 1. The number of aromatic nitrogens is 1. The van der Waals surface area contributed by atoms with Gasteiger partial charge in [-0.2, -0.15) is 0 Å². The van der Waals surface area contributed by atoms with E-state index in [-0.39, 0.29) is 34.0 Å². The molecular formula is C17H13N3O6. The minimum absolute atomic E-state index is 0.0873. The van der Waals surface area contributed by atoms with Crippen molar-refractivity contribution in [3.05, 3.63) is 45.2 Å². The molecule has 1 aromatic heterocycles. The molecule has 9 heteroatoms. The predicted octanol–water partition coefficient (Wildman–Crippen LogP) is 0.277. The van der Waals surface area contributed by atoms with E-state index in [1.165, 1.54) is 19.1 Å². The van der Waals surface area contributed by atoms with Crippen LogP contribution in [-0.2, 0) is 0 Å². The van der Waals surface area contributed by atoms with E-state index >= 15 is 0 Å². The maximum Gasteiger partial charge on any atom is 0.262 e. The van der Waals surface area contributed by atoms with Crippen LogP contribution >= 0.6 is 0 Å². The van der Waals surface area contributed by atoms with Crippen LogP contribution in [0.1, 0.15) is 38.0 Å². The largest absolute Gasteiger partial charge is 0.486 e. The number of amides is 2. The van der Waals surface area contributed by atoms with Gasteiger partial charge in [-0.1, -0.05) is 0 Å². The molecule has 0 saturated carbocycles. The molecule has 2 amide bonds. The van der Waals surface area contributed by atoms with Gasteiger partial charge in [-0.15, -0.1) is 0 Å². The molecule has 26 heavy (non-hydrogen) atoms. The molecule has 0 saturated heterocycles. The van der Waals surface area contributed by atoms with E-state index in [1.807, 2.05) is 0 Å². The number of pyridine rings is 1. The lowest BCUT2D eigenvalue weighted by molar-refractivity contribution is 0.0879. The lowest BCUT2D eigenvalue weighted by atomic mass is 10.1. The topological polar surface area (TPSA) is 130 Å². The van der Waals surface area contributed by atoms with Crippen LogP contribution in [0, 0.1) is 0 Å². The monoisotopic (exact) mass is 355 g/mol. The van der Waals surface area contributed by atoms with Gasteiger partial charge < -0.3 is 15.2 Å². The van der Waals surface area contributed by atoms with Crippen molar-refractivity contribution >= 4 is 23.4 Å². The number of carbonyl (C=O) groups excluding carboxylic acids is 3. The summed E-state index contributed by atoms with van der Waals surface area (Å²) in [7, 11) is 0. The van der Waals surface area contributed by atoms with Crippen molar-refractivity contribution in [3.63, 3.8) is 0 Å². The Hall–Kier alpha value is -3.62. The molecule has 0 radical (unpaired) electrons. The second kappa shape index (κ2) is 5.45. The molecule has 0 unspecified atom stereocenters. The molecule has 9 nitrogen and oxygen atoms in total. The van der Waals surface area contributed by atoms with Crippen LogP contribution in [0.15, 0.2) is 23.0 Å². The lowest BCUT2D eigenvalue weighted by Gasteiger charge is -2.22. The zero-order chi connectivity index (χ0) is 18.6. The summed E-state index contributed by atoms with van der Waals surface area (Å²) < 4.78 is 12.0. The van der Waals surface area contributed by atoms with E-state index in [4.69, 9.17) is 15.2 Å². The first-order valence-corrected chi connectivity index (χ1v) is 7.74. The summed E-state index contributed by atoms with van der Waals surface area (Å²) in [5.41, 5.74) is 5.52. The number of anilines is 1. The fourth-order valence-corrected chi connectivity index (χ4v) is 3.07. The number of nitrogens with two attached hydrogens (primary N) is 1. The Kier molecular flexibility index (Phi) is 3.33. The Labute approximate surface area is 146 Å². The summed E-state index contributed by atoms with van der Waals surface area (Å²) >= 11 is 0. The number of ether oxygens (including phenoxy) is 2. The maximum atomic E-state index is 12.6. The molecule has 3 heterocycles. The Morgan fingerprint density at radius 2 is 1.73 bits per heavy atom. The molecule has 4 rings (SSSR count). The van der Waals surface area contributed by atoms with Gasteiger partial charge in [0.15, 0.2) is 17.3 Å². The van der Waals surface area contributed by atoms with Crippen LogP contribution in [-0.4, -0.2) is 35.4 Å². The number of fused-ring (bicyclic) bond motifs is 2. The summed E-state index contributed by atoms with van der Waals surface area (Å²) in [6.45, 7) is 1.99. The summed E-state index contributed by atoms with van der Waals surface area (Å²) in [6, 6.07) is 3.95. The third kappa shape index (κ3) is 2.17. The van der Waals surface area contributed by atoms with E-state index in [0.717, 1.165) is 10.6 Å². The van der Waals surface area contributed by atoms with Crippen LogP contribution in [0.5, 0.6) is 11.5 Å². The zero-order valence-corrected chi connectivity index (χ0v) is 13.6. The first kappa shape index (κ1) is 15.9. The summed E-state index contributed by atoms with van der Waals surface area (Å²) in [4.78, 5) is 48.5. The normalized spacial score (nSPS) is 14.8. The number of hydrogen-bond donors (Lipinski definition) is 2. The second-order valence-electron chi connectivity index (χ2n) is 5.84. The molecule has 3 N–H and O–H groups in total. The van der Waals surface area contributed by atoms with Gasteiger partial charge in [-0.3, -0.25) is 29.1 Å². The van der Waals surface area contributed by atoms with Gasteiger partial charge >= 0.3 is 0 Å². The van der Waals surface area contributed by atoms with Gasteiger partial charge in [0.2, 0.25) is 0 Å². The van der Waals surface area contributed by atoms with Gasteiger partial charge in [0.05, 0.1) is 16.8 Å². The third-order valence-corrected chi connectivity index (χ3v) is 4.23. The molecule has 0 spiro atoms. The number of nitrogen functional groups attached to an aromatic ring is 1. The number of hydrogen-bond acceptors (Lipinski definition) is 7. The summed E-state index contributed by atoms with van der Waals surface area (Å²) in [6.07, 6.45) is 0. The van der Waals surface area contributed by atoms with Crippen LogP contribution in [0.25, 0.3) is 5.69 Å². The highest BCUT2D eigenvalue weighted by Crippen LogP contribution is 2.36. The molecule has 1 aromatic carbocycles. The van der Waals surface area contributed by atoms with E-state index in [0.29, 0.717) is 24.7 Å². The number of ketones is 1. The number of Topliss-reactive ketones (excluding diaryl/α,β-unsaturated/α-hetero) is 1. The number of nitrogens with zero attached hydrogens (tertiary/aromatic N) is 1. The molecule has 2 aliphatic heterocycles. The molecule has 0 bridgehead atoms. The minimum atomic E-state index is -0.696. The number of benzene rings is 1. The molecule has 0 atom stereocenters. The molecule has 132 valence electrons. The zero-order valence-electron chi connectivity index (χ0n) is 13.6. The van der Waals surface area contributed by atoms with Gasteiger partial charge in [0, 0.05) is 17.7 Å². The highest BCUT2D eigenvalue weighted by atomic mass is 16.6. The molecule has 2 aromatic rings. The van der Waals surface area contributed by atoms with Gasteiger partial charge in [0.25, 0.3) is 17.4 Å². The van der Waals surface area contributed by atoms with E-state index in [9.17, 15) is 19.2 Å². The number of rotatable bonds is 2. The van der Waals surface area contributed by atoms with Crippen LogP contribution in [0.2, 0.25) is 0 Å². The molecule has 2 aliphatic rings. The molecule has 0 aliphatic carbocycles. The Morgan fingerprint density at radius 3 is 2.38 bits per heavy atom. The van der Waals surface area contributed by atoms with Crippen molar-refractivity contribution in [1.82, 2.24) is 9.88 Å². The van der Waals surface area contributed by atoms with Crippen LogP contribution in [0.4, 0.5) is 5.82 Å². The van der Waals surface area contributed by atoms with Crippen molar-refractivity contribution in [2.45, 2.75) is 6.92 Å². The van der Waals surface area contributed by atoms with Crippen molar-refractivity contribution in [1.29, 1.82) is 0 Å². The first-order valence-electron chi connectivity index (χ1n) is 7.74. The highest BCUT2D eigenvalue weighted by Gasteiger charge is 2.32. The maximum absolute atomic E-state index is 12.6. The van der Waals surface area contributed by atoms with Gasteiger partial charge in [-0.25, -0.2) is 0 Å². The van der Waals surface area contributed by atoms with Gasteiger partial charge in [-0.05, 0) is 13.0 Å².